The van der Waals surface area contributed by atoms with E-state index in [1.54, 1.807) is 17.1 Å². The highest BCUT2D eigenvalue weighted by Gasteiger charge is 2.27. The molecule has 0 aliphatic carbocycles. The van der Waals surface area contributed by atoms with Crippen LogP contribution in [0.5, 0.6) is 5.88 Å². The summed E-state index contributed by atoms with van der Waals surface area (Å²) >= 11 is 0. The fourth-order valence-corrected chi connectivity index (χ4v) is 5.43. The molecular formula is C32H33N5O4. The first-order valence-electron chi connectivity index (χ1n) is 14.0. The monoisotopic (exact) mass is 551 g/mol. The Kier molecular flexibility index (Phi) is 8.00. The van der Waals surface area contributed by atoms with Crippen molar-refractivity contribution in [3.05, 3.63) is 94.8 Å². The number of ether oxygens (including phenoxy) is 2. The number of aliphatic hydroxyl groups excluding tert-OH is 1. The van der Waals surface area contributed by atoms with Gasteiger partial charge in [-0.2, -0.15) is 0 Å². The molecule has 1 aliphatic heterocycles. The largest absolute Gasteiger partial charge is 0.478 e. The number of nitrogens with one attached hydrogen (secondary N) is 1. The van der Waals surface area contributed by atoms with Crippen molar-refractivity contribution >= 4 is 21.7 Å². The summed E-state index contributed by atoms with van der Waals surface area (Å²) in [4.78, 5) is 27.5. The average Bonchev–Trinajstić information content (AvgIpc) is 3.01. The van der Waals surface area contributed by atoms with E-state index in [2.05, 4.69) is 27.4 Å². The van der Waals surface area contributed by atoms with E-state index >= 15 is 0 Å². The molecule has 0 bridgehead atoms. The molecule has 1 aliphatic rings. The predicted octanol–water partition coefficient (Wildman–Crippen LogP) is 3.91. The molecule has 41 heavy (non-hydrogen) atoms. The second-order valence-electron chi connectivity index (χ2n) is 10.4. The second kappa shape index (κ2) is 12.1. The van der Waals surface area contributed by atoms with Gasteiger partial charge in [-0.1, -0.05) is 30.3 Å². The predicted molar refractivity (Wildman–Crippen MR) is 158 cm³/mol. The number of rotatable bonds is 9. The van der Waals surface area contributed by atoms with E-state index in [9.17, 15) is 9.90 Å². The SMILES string of the molecule is CNCCCOc1ccc(-c2ccc(Cc3cc4c(=O)n(C5CCOC[C@@H]5O)cnc4c4ccccc34)cn2)cn1. The molecule has 9 heteroatoms. The molecule has 0 radical (unpaired) electrons. The summed E-state index contributed by atoms with van der Waals surface area (Å²) in [6.45, 7) is 2.24. The Hall–Kier alpha value is -4.18. The maximum Gasteiger partial charge on any atom is 0.261 e. The van der Waals surface area contributed by atoms with Crippen molar-refractivity contribution in [2.24, 2.45) is 0 Å². The number of hydrogen-bond donors (Lipinski definition) is 2. The van der Waals surface area contributed by atoms with Crippen molar-refractivity contribution in [2.45, 2.75) is 31.4 Å². The molecule has 6 rings (SSSR count). The van der Waals surface area contributed by atoms with Crippen LogP contribution in [0.1, 0.15) is 30.0 Å². The molecule has 4 heterocycles. The smallest absolute Gasteiger partial charge is 0.261 e. The summed E-state index contributed by atoms with van der Waals surface area (Å²) in [7, 11) is 1.92. The Bertz CT molecular complexity index is 1700. The minimum atomic E-state index is -0.743. The highest BCUT2D eigenvalue weighted by Crippen LogP contribution is 2.29. The third-order valence-electron chi connectivity index (χ3n) is 7.60. The van der Waals surface area contributed by atoms with Crippen molar-refractivity contribution in [1.82, 2.24) is 24.8 Å². The zero-order valence-electron chi connectivity index (χ0n) is 23.0. The van der Waals surface area contributed by atoms with Gasteiger partial charge in [0.05, 0.1) is 48.3 Å². The van der Waals surface area contributed by atoms with Gasteiger partial charge in [-0.25, -0.2) is 9.97 Å². The molecular weight excluding hydrogens is 518 g/mol. The van der Waals surface area contributed by atoms with Gasteiger partial charge < -0.3 is 19.9 Å². The van der Waals surface area contributed by atoms with E-state index in [-0.39, 0.29) is 18.2 Å². The van der Waals surface area contributed by atoms with Crippen LogP contribution in [0, 0.1) is 0 Å². The molecule has 2 atom stereocenters. The molecule has 210 valence electrons. The number of aromatic nitrogens is 4. The van der Waals surface area contributed by atoms with Crippen LogP contribution < -0.4 is 15.6 Å². The highest BCUT2D eigenvalue weighted by molar-refractivity contribution is 6.06. The average molecular weight is 552 g/mol. The third kappa shape index (κ3) is 5.69. The molecule has 1 unspecified atom stereocenters. The first kappa shape index (κ1) is 27.0. The quantitative estimate of drug-likeness (QED) is 0.210. The highest BCUT2D eigenvalue weighted by atomic mass is 16.5. The van der Waals surface area contributed by atoms with E-state index in [1.165, 1.54) is 0 Å². The molecule has 2 N–H and O–H groups in total. The van der Waals surface area contributed by atoms with Crippen LogP contribution in [0.2, 0.25) is 0 Å². The zero-order valence-corrected chi connectivity index (χ0v) is 23.0. The second-order valence-corrected chi connectivity index (χ2v) is 10.4. The summed E-state index contributed by atoms with van der Waals surface area (Å²) in [5, 5.41) is 16.1. The van der Waals surface area contributed by atoms with Crippen molar-refractivity contribution in [2.75, 3.05) is 33.4 Å². The molecule has 1 saturated heterocycles. The number of fused-ring (bicyclic) bond motifs is 3. The molecule has 2 aromatic carbocycles. The van der Waals surface area contributed by atoms with Crippen LogP contribution in [0.3, 0.4) is 0 Å². The van der Waals surface area contributed by atoms with E-state index in [1.807, 2.05) is 55.7 Å². The Balaban J connectivity index is 1.28. The molecule has 9 nitrogen and oxygen atoms in total. The maximum absolute atomic E-state index is 13.7. The fraction of sp³-hybridized carbons (Fsp3) is 0.312. The molecule has 0 spiro atoms. The summed E-state index contributed by atoms with van der Waals surface area (Å²) in [6, 6.07) is 17.5. The number of aliphatic hydroxyl groups is 1. The summed E-state index contributed by atoms with van der Waals surface area (Å²) in [5.74, 6) is 0.601. The zero-order chi connectivity index (χ0) is 28.2. The lowest BCUT2D eigenvalue weighted by molar-refractivity contribution is -0.0395. The van der Waals surface area contributed by atoms with E-state index in [0.29, 0.717) is 42.8 Å². The van der Waals surface area contributed by atoms with Crippen molar-refractivity contribution in [1.29, 1.82) is 0 Å². The molecule has 5 aromatic rings. The number of pyridine rings is 2. The van der Waals surface area contributed by atoms with Crippen LogP contribution in [-0.2, 0) is 11.2 Å². The van der Waals surface area contributed by atoms with Gasteiger partial charge in [0, 0.05) is 36.0 Å². The Morgan fingerprint density at radius 3 is 2.68 bits per heavy atom. The van der Waals surface area contributed by atoms with Crippen molar-refractivity contribution < 1.29 is 14.6 Å². The Morgan fingerprint density at radius 2 is 1.93 bits per heavy atom. The molecule has 3 aromatic heterocycles. The summed E-state index contributed by atoms with van der Waals surface area (Å²) in [6.07, 6.45) is 6.56. The molecule has 0 saturated carbocycles. The van der Waals surface area contributed by atoms with Gasteiger partial charge in [0.1, 0.15) is 0 Å². The summed E-state index contributed by atoms with van der Waals surface area (Å²) in [5.41, 5.74) is 4.31. The minimum absolute atomic E-state index is 0.150. The van der Waals surface area contributed by atoms with Gasteiger partial charge in [0.15, 0.2) is 0 Å². The lowest BCUT2D eigenvalue weighted by Crippen LogP contribution is -2.39. The van der Waals surface area contributed by atoms with Crippen molar-refractivity contribution in [3.63, 3.8) is 0 Å². The lowest BCUT2D eigenvalue weighted by atomic mass is 9.96. The Morgan fingerprint density at radius 1 is 1.05 bits per heavy atom. The lowest BCUT2D eigenvalue weighted by Gasteiger charge is -2.29. The van der Waals surface area contributed by atoms with Crippen molar-refractivity contribution in [3.8, 4) is 17.1 Å². The van der Waals surface area contributed by atoms with Crippen LogP contribution in [-0.4, -0.2) is 64.1 Å². The number of hydrogen-bond acceptors (Lipinski definition) is 8. The van der Waals surface area contributed by atoms with Crippen LogP contribution >= 0.6 is 0 Å². The van der Waals surface area contributed by atoms with Crippen LogP contribution in [0.25, 0.3) is 32.9 Å². The van der Waals surface area contributed by atoms with E-state index in [4.69, 9.17) is 14.5 Å². The Labute approximate surface area is 237 Å². The topological polar surface area (TPSA) is 111 Å². The third-order valence-corrected chi connectivity index (χ3v) is 7.60. The van der Waals surface area contributed by atoms with Gasteiger partial charge in [0.2, 0.25) is 5.88 Å². The van der Waals surface area contributed by atoms with Gasteiger partial charge in [0.25, 0.3) is 5.56 Å². The number of benzene rings is 2. The molecule has 1 fully saturated rings. The molecule has 0 amide bonds. The van der Waals surface area contributed by atoms with Gasteiger partial charge in [-0.3, -0.25) is 14.3 Å². The van der Waals surface area contributed by atoms with Gasteiger partial charge >= 0.3 is 0 Å². The normalized spacial score (nSPS) is 17.2. The first-order chi connectivity index (χ1) is 20.1. The summed E-state index contributed by atoms with van der Waals surface area (Å²) < 4.78 is 12.6. The first-order valence-corrected chi connectivity index (χ1v) is 14.0. The van der Waals surface area contributed by atoms with Gasteiger partial charge in [-0.15, -0.1) is 0 Å². The maximum atomic E-state index is 13.7. The van der Waals surface area contributed by atoms with Crippen LogP contribution in [0.15, 0.2) is 78.1 Å². The van der Waals surface area contributed by atoms with Crippen LogP contribution in [0.4, 0.5) is 0 Å². The minimum Gasteiger partial charge on any atom is -0.478 e. The number of nitrogens with zero attached hydrogens (tertiary/aromatic N) is 4. The fourth-order valence-electron chi connectivity index (χ4n) is 5.43. The van der Waals surface area contributed by atoms with Gasteiger partial charge in [-0.05, 0) is 67.6 Å². The standard InChI is InChI=1S/C32H33N5O4/c1-33-12-4-13-41-30-10-8-22(18-35-30)27-9-7-21(17-34-27)15-23-16-26-31(25-6-3-2-5-24(23)25)36-20-37(32(26)39)28-11-14-40-19-29(28)38/h2-3,5-10,16-18,20,28-29,33,38H,4,11-15,19H2,1H3/t28?,29-/m0/s1. The van der Waals surface area contributed by atoms with E-state index in [0.717, 1.165) is 46.1 Å². The van der Waals surface area contributed by atoms with E-state index < -0.39 is 6.10 Å².